The zero-order valence-electron chi connectivity index (χ0n) is 8.90. The Morgan fingerprint density at radius 1 is 1.36 bits per heavy atom. The van der Waals surface area contributed by atoms with E-state index in [1.54, 1.807) is 0 Å². The summed E-state index contributed by atoms with van der Waals surface area (Å²) in [6, 6.07) is 10.7. The Morgan fingerprint density at radius 3 is 2.43 bits per heavy atom. The van der Waals surface area contributed by atoms with Crippen molar-refractivity contribution >= 4 is 0 Å². The van der Waals surface area contributed by atoms with Gasteiger partial charge >= 0.3 is 0 Å². The number of hydrogen-bond donors (Lipinski definition) is 1. The molecule has 0 amide bonds. The van der Waals surface area contributed by atoms with Crippen LogP contribution in [0.1, 0.15) is 17.9 Å². The Bertz CT molecular complexity index is 307. The van der Waals surface area contributed by atoms with Crippen molar-refractivity contribution in [2.24, 2.45) is 5.73 Å². The molecule has 2 atom stereocenters. The maximum absolute atomic E-state index is 5.86. The molecule has 0 spiro atoms. The molecule has 2 heteroatoms. The third-order valence-corrected chi connectivity index (χ3v) is 3.49. The van der Waals surface area contributed by atoms with E-state index in [1.165, 1.54) is 12.0 Å². The summed E-state index contributed by atoms with van der Waals surface area (Å²) in [4.78, 5) is 2.27. The molecule has 0 radical (unpaired) electrons. The molecule has 0 aromatic heterocycles. The van der Waals surface area contributed by atoms with E-state index >= 15 is 0 Å². The fourth-order valence-electron chi connectivity index (χ4n) is 2.31. The molecule has 1 aliphatic carbocycles. The standard InChI is InChI=1S/C12H18N2/c1-14(2)12(9-13)8-11(12)10-6-4-3-5-7-10/h3-7,11H,8-9,13H2,1-2H3. The van der Waals surface area contributed by atoms with Crippen LogP contribution < -0.4 is 5.73 Å². The molecule has 2 nitrogen and oxygen atoms in total. The molecule has 1 aromatic rings. The lowest BCUT2D eigenvalue weighted by Crippen LogP contribution is -2.39. The van der Waals surface area contributed by atoms with Crippen molar-refractivity contribution in [3.63, 3.8) is 0 Å². The van der Waals surface area contributed by atoms with Gasteiger partial charge in [0.2, 0.25) is 0 Å². The van der Waals surface area contributed by atoms with E-state index in [0.29, 0.717) is 5.92 Å². The Hall–Kier alpha value is -0.860. The van der Waals surface area contributed by atoms with Crippen molar-refractivity contribution in [3.05, 3.63) is 35.9 Å². The van der Waals surface area contributed by atoms with E-state index in [1.807, 2.05) is 0 Å². The number of benzene rings is 1. The number of likely N-dealkylation sites (N-methyl/N-ethyl adjacent to an activating group) is 1. The Balaban J connectivity index is 2.18. The highest BCUT2D eigenvalue weighted by molar-refractivity contribution is 5.33. The maximum Gasteiger partial charge on any atom is 0.0401 e. The highest BCUT2D eigenvalue weighted by atomic mass is 15.2. The van der Waals surface area contributed by atoms with Gasteiger partial charge in [0.05, 0.1) is 0 Å². The smallest absolute Gasteiger partial charge is 0.0401 e. The molecule has 1 fully saturated rings. The molecule has 76 valence electrons. The van der Waals surface area contributed by atoms with E-state index in [2.05, 4.69) is 49.3 Å². The van der Waals surface area contributed by atoms with Gasteiger partial charge in [-0.05, 0) is 26.1 Å². The molecule has 2 rings (SSSR count). The second-order valence-electron chi connectivity index (χ2n) is 4.37. The van der Waals surface area contributed by atoms with E-state index in [9.17, 15) is 0 Å². The average molecular weight is 190 g/mol. The van der Waals surface area contributed by atoms with Crippen LogP contribution in [0.25, 0.3) is 0 Å². The molecule has 0 saturated heterocycles. The van der Waals surface area contributed by atoms with Crippen molar-refractivity contribution in [1.29, 1.82) is 0 Å². The molecular formula is C12H18N2. The summed E-state index contributed by atoms with van der Waals surface area (Å²) in [5.41, 5.74) is 7.50. The largest absolute Gasteiger partial charge is 0.329 e. The van der Waals surface area contributed by atoms with Crippen molar-refractivity contribution in [1.82, 2.24) is 4.90 Å². The topological polar surface area (TPSA) is 29.3 Å². The highest BCUT2D eigenvalue weighted by Gasteiger charge is 2.55. The van der Waals surface area contributed by atoms with Crippen LogP contribution in [-0.2, 0) is 0 Å². The molecular weight excluding hydrogens is 172 g/mol. The van der Waals surface area contributed by atoms with Crippen LogP contribution in [0.2, 0.25) is 0 Å². The molecule has 0 bridgehead atoms. The van der Waals surface area contributed by atoms with E-state index < -0.39 is 0 Å². The lowest BCUT2D eigenvalue weighted by Gasteiger charge is -2.23. The zero-order valence-corrected chi connectivity index (χ0v) is 8.90. The average Bonchev–Trinajstić information content (AvgIpc) is 2.95. The summed E-state index contributed by atoms with van der Waals surface area (Å²) < 4.78 is 0. The Labute approximate surface area is 85.7 Å². The fourth-order valence-corrected chi connectivity index (χ4v) is 2.31. The van der Waals surface area contributed by atoms with Gasteiger partial charge in [-0.3, -0.25) is 0 Å². The Morgan fingerprint density at radius 2 is 2.00 bits per heavy atom. The predicted octanol–water partition coefficient (Wildman–Crippen LogP) is 1.43. The summed E-state index contributed by atoms with van der Waals surface area (Å²) in [6.07, 6.45) is 1.19. The predicted molar refractivity (Wildman–Crippen MR) is 59.3 cm³/mol. The fraction of sp³-hybridized carbons (Fsp3) is 0.500. The second-order valence-corrected chi connectivity index (χ2v) is 4.37. The van der Waals surface area contributed by atoms with Gasteiger partial charge in [0.1, 0.15) is 0 Å². The van der Waals surface area contributed by atoms with Crippen LogP contribution in [-0.4, -0.2) is 31.1 Å². The third-order valence-electron chi connectivity index (χ3n) is 3.49. The summed E-state index contributed by atoms with van der Waals surface area (Å²) in [6.45, 7) is 0.750. The van der Waals surface area contributed by atoms with Gasteiger partial charge in [-0.1, -0.05) is 30.3 Å². The first kappa shape index (κ1) is 9.69. The summed E-state index contributed by atoms with van der Waals surface area (Å²) >= 11 is 0. The van der Waals surface area contributed by atoms with E-state index in [-0.39, 0.29) is 5.54 Å². The lowest BCUT2D eigenvalue weighted by molar-refractivity contribution is 0.270. The van der Waals surface area contributed by atoms with Gasteiger partial charge in [-0.2, -0.15) is 0 Å². The van der Waals surface area contributed by atoms with Crippen LogP contribution in [0.3, 0.4) is 0 Å². The molecule has 14 heavy (non-hydrogen) atoms. The Kier molecular flexibility index (Phi) is 2.33. The minimum absolute atomic E-state index is 0.224. The summed E-state index contributed by atoms with van der Waals surface area (Å²) in [5, 5.41) is 0. The summed E-state index contributed by atoms with van der Waals surface area (Å²) in [7, 11) is 4.24. The van der Waals surface area contributed by atoms with Gasteiger partial charge < -0.3 is 10.6 Å². The molecule has 0 heterocycles. The molecule has 1 saturated carbocycles. The van der Waals surface area contributed by atoms with Gasteiger partial charge in [0.15, 0.2) is 0 Å². The van der Waals surface area contributed by atoms with Crippen LogP contribution in [0.5, 0.6) is 0 Å². The minimum Gasteiger partial charge on any atom is -0.329 e. The van der Waals surface area contributed by atoms with Gasteiger partial charge in [0, 0.05) is 18.0 Å². The number of rotatable bonds is 3. The maximum atomic E-state index is 5.86. The summed E-state index contributed by atoms with van der Waals surface area (Å²) in [5.74, 6) is 0.628. The van der Waals surface area contributed by atoms with E-state index in [4.69, 9.17) is 5.73 Å². The number of nitrogens with two attached hydrogens (primary N) is 1. The van der Waals surface area contributed by atoms with Crippen molar-refractivity contribution in [3.8, 4) is 0 Å². The van der Waals surface area contributed by atoms with Crippen molar-refractivity contribution in [2.75, 3.05) is 20.6 Å². The van der Waals surface area contributed by atoms with Crippen molar-refractivity contribution < 1.29 is 0 Å². The molecule has 1 aromatic carbocycles. The first-order chi connectivity index (χ1) is 6.70. The monoisotopic (exact) mass is 190 g/mol. The SMILES string of the molecule is CN(C)C1(CN)CC1c1ccccc1. The van der Waals surface area contributed by atoms with Crippen LogP contribution in [0.15, 0.2) is 30.3 Å². The molecule has 0 aliphatic heterocycles. The molecule has 2 unspecified atom stereocenters. The third kappa shape index (κ3) is 1.35. The van der Waals surface area contributed by atoms with Gasteiger partial charge in [-0.25, -0.2) is 0 Å². The zero-order chi connectivity index (χ0) is 10.2. The quantitative estimate of drug-likeness (QED) is 0.781. The van der Waals surface area contributed by atoms with E-state index in [0.717, 1.165) is 6.54 Å². The normalized spacial score (nSPS) is 30.7. The highest BCUT2D eigenvalue weighted by Crippen LogP contribution is 2.53. The number of nitrogens with zero attached hydrogens (tertiary/aromatic N) is 1. The first-order valence-corrected chi connectivity index (χ1v) is 5.13. The second kappa shape index (κ2) is 3.37. The van der Waals surface area contributed by atoms with Crippen molar-refractivity contribution in [2.45, 2.75) is 17.9 Å². The van der Waals surface area contributed by atoms with Gasteiger partial charge in [-0.15, -0.1) is 0 Å². The van der Waals surface area contributed by atoms with Crippen LogP contribution in [0.4, 0.5) is 0 Å². The molecule has 2 N–H and O–H groups in total. The van der Waals surface area contributed by atoms with Gasteiger partial charge in [0.25, 0.3) is 0 Å². The van der Waals surface area contributed by atoms with Crippen LogP contribution >= 0.6 is 0 Å². The first-order valence-electron chi connectivity index (χ1n) is 5.13. The lowest BCUT2D eigenvalue weighted by atomic mass is 10.1. The number of hydrogen-bond acceptors (Lipinski definition) is 2. The minimum atomic E-state index is 0.224. The van der Waals surface area contributed by atoms with Crippen LogP contribution in [0, 0.1) is 0 Å². The molecule has 1 aliphatic rings.